The second-order valence-corrected chi connectivity index (χ2v) is 5.96. The van der Waals surface area contributed by atoms with E-state index in [4.69, 9.17) is 20.2 Å². The van der Waals surface area contributed by atoms with Crippen LogP contribution in [0.3, 0.4) is 0 Å². The molecule has 0 aromatic heterocycles. The lowest BCUT2D eigenvalue weighted by Gasteiger charge is -2.16. The highest BCUT2D eigenvalue weighted by Gasteiger charge is 2.17. The van der Waals surface area contributed by atoms with Crippen LogP contribution in [0.15, 0.2) is 24.3 Å². The van der Waals surface area contributed by atoms with Crippen molar-refractivity contribution < 1.29 is 17.9 Å². The van der Waals surface area contributed by atoms with Crippen LogP contribution >= 0.6 is 10.7 Å². The first-order valence-electron chi connectivity index (χ1n) is 4.53. The first kappa shape index (κ1) is 13.4. The molecule has 0 aliphatic heterocycles. The van der Waals surface area contributed by atoms with Crippen LogP contribution in [0.4, 0.5) is 0 Å². The van der Waals surface area contributed by atoms with E-state index in [1.807, 2.05) is 0 Å². The number of hydrogen-bond acceptors (Lipinski definition) is 4. The molecule has 0 spiro atoms. The first-order chi connectivity index (χ1) is 7.48. The lowest BCUT2D eigenvalue weighted by molar-refractivity contribution is -0.106. The number of methoxy groups -OCH3 is 2. The summed E-state index contributed by atoms with van der Waals surface area (Å²) in [5.41, 5.74) is 1.24. The molecule has 0 aliphatic carbocycles. The number of ether oxygens (including phenoxy) is 2. The topological polar surface area (TPSA) is 52.6 Å². The Balaban J connectivity index is 3.09. The second kappa shape index (κ2) is 5.63. The third-order valence-corrected chi connectivity index (χ3v) is 3.05. The Morgan fingerprint density at radius 3 is 2.31 bits per heavy atom. The summed E-state index contributed by atoms with van der Waals surface area (Å²) >= 11 is 0. The average molecular weight is 265 g/mol. The molecule has 0 N–H and O–H groups in total. The van der Waals surface area contributed by atoms with Crippen LogP contribution in [0.25, 0.3) is 0 Å². The largest absolute Gasteiger partial charge is 0.352 e. The fraction of sp³-hybridized carbons (Fsp3) is 0.400. The highest BCUT2D eigenvalue weighted by molar-refractivity contribution is 8.13. The van der Waals surface area contributed by atoms with Gasteiger partial charge in [-0.3, -0.25) is 0 Å². The zero-order valence-corrected chi connectivity index (χ0v) is 10.6. The summed E-state index contributed by atoms with van der Waals surface area (Å²) in [4.78, 5) is 0. The zero-order valence-electron chi connectivity index (χ0n) is 9.01. The van der Waals surface area contributed by atoms with Gasteiger partial charge in [0.2, 0.25) is 9.05 Å². The Labute approximate surface area is 99.6 Å². The van der Waals surface area contributed by atoms with Gasteiger partial charge in [0.15, 0.2) is 6.29 Å². The Morgan fingerprint density at radius 1 is 1.25 bits per heavy atom. The van der Waals surface area contributed by atoms with E-state index in [0.29, 0.717) is 11.1 Å². The molecule has 16 heavy (non-hydrogen) atoms. The Bertz CT molecular complexity index is 440. The van der Waals surface area contributed by atoms with E-state index < -0.39 is 15.3 Å². The summed E-state index contributed by atoms with van der Waals surface area (Å²) in [5.74, 6) is -0.242. The molecule has 0 saturated carbocycles. The monoisotopic (exact) mass is 264 g/mol. The van der Waals surface area contributed by atoms with Crippen molar-refractivity contribution in [1.29, 1.82) is 0 Å². The molecule has 4 nitrogen and oxygen atoms in total. The van der Waals surface area contributed by atoms with Gasteiger partial charge in [-0.1, -0.05) is 24.3 Å². The van der Waals surface area contributed by atoms with Gasteiger partial charge < -0.3 is 9.47 Å². The van der Waals surface area contributed by atoms with E-state index in [2.05, 4.69) is 0 Å². The fourth-order valence-electron chi connectivity index (χ4n) is 1.43. The van der Waals surface area contributed by atoms with Crippen molar-refractivity contribution in [2.45, 2.75) is 12.0 Å². The molecule has 0 aliphatic rings. The van der Waals surface area contributed by atoms with Gasteiger partial charge in [0.1, 0.15) is 0 Å². The molecule has 0 unspecified atom stereocenters. The molecule has 1 aromatic carbocycles. The maximum Gasteiger partial charge on any atom is 0.236 e. The molecule has 1 aromatic rings. The van der Waals surface area contributed by atoms with Crippen molar-refractivity contribution in [3.05, 3.63) is 35.4 Å². The van der Waals surface area contributed by atoms with Gasteiger partial charge in [-0.15, -0.1) is 0 Å². The Kier molecular flexibility index (Phi) is 4.73. The van der Waals surface area contributed by atoms with Crippen molar-refractivity contribution in [1.82, 2.24) is 0 Å². The molecular weight excluding hydrogens is 252 g/mol. The van der Waals surface area contributed by atoms with E-state index in [1.54, 1.807) is 24.3 Å². The van der Waals surface area contributed by atoms with Crippen molar-refractivity contribution in [2.24, 2.45) is 0 Å². The van der Waals surface area contributed by atoms with E-state index in [0.717, 1.165) is 0 Å². The summed E-state index contributed by atoms with van der Waals surface area (Å²) in [7, 11) is 4.61. The molecule has 1 rings (SSSR count). The Morgan fingerprint density at radius 2 is 1.81 bits per heavy atom. The molecule has 90 valence electrons. The molecule has 0 radical (unpaired) electrons. The smallest absolute Gasteiger partial charge is 0.236 e. The number of rotatable bonds is 5. The van der Waals surface area contributed by atoms with Crippen LogP contribution < -0.4 is 0 Å². The maximum atomic E-state index is 11.0. The molecule has 0 bridgehead atoms. The quantitative estimate of drug-likeness (QED) is 0.603. The molecule has 0 atom stereocenters. The fourth-order valence-corrected chi connectivity index (χ4v) is 2.42. The zero-order chi connectivity index (χ0) is 12.2. The summed E-state index contributed by atoms with van der Waals surface area (Å²) < 4.78 is 32.2. The first-order valence-corrected chi connectivity index (χ1v) is 7.01. The standard InChI is InChI=1S/C10H13ClO4S/c1-14-10(15-2)9-6-4-3-5-8(9)7-16(11,12)13/h3-6,10H,7H2,1-2H3. The normalized spacial score (nSPS) is 12.0. The van der Waals surface area contributed by atoms with Gasteiger partial charge in [-0.2, -0.15) is 0 Å². The molecule has 0 amide bonds. The predicted octanol–water partition coefficient (Wildman–Crippen LogP) is 2.05. The lowest BCUT2D eigenvalue weighted by Crippen LogP contribution is -2.08. The van der Waals surface area contributed by atoms with Crippen molar-refractivity contribution in [2.75, 3.05) is 14.2 Å². The van der Waals surface area contributed by atoms with Crippen molar-refractivity contribution in [3.8, 4) is 0 Å². The van der Waals surface area contributed by atoms with Crippen LogP contribution in [0.1, 0.15) is 17.4 Å². The number of benzene rings is 1. The third-order valence-electron chi connectivity index (χ3n) is 2.07. The van der Waals surface area contributed by atoms with Crippen LogP contribution in [0.5, 0.6) is 0 Å². The predicted molar refractivity (Wildman–Crippen MR) is 61.7 cm³/mol. The van der Waals surface area contributed by atoms with Gasteiger partial charge in [0.05, 0.1) is 5.75 Å². The average Bonchev–Trinajstić information content (AvgIpc) is 2.20. The second-order valence-electron chi connectivity index (χ2n) is 3.19. The van der Waals surface area contributed by atoms with Crippen LogP contribution in [-0.4, -0.2) is 22.6 Å². The van der Waals surface area contributed by atoms with E-state index in [9.17, 15) is 8.42 Å². The highest BCUT2D eigenvalue weighted by Crippen LogP contribution is 2.23. The third kappa shape index (κ3) is 3.75. The molecule has 0 fully saturated rings. The van der Waals surface area contributed by atoms with Gasteiger partial charge in [-0.25, -0.2) is 8.42 Å². The van der Waals surface area contributed by atoms with Gasteiger partial charge in [0.25, 0.3) is 0 Å². The van der Waals surface area contributed by atoms with Gasteiger partial charge in [0, 0.05) is 30.5 Å². The Hall–Kier alpha value is -0.620. The number of halogens is 1. The van der Waals surface area contributed by atoms with Crippen LogP contribution in [0, 0.1) is 0 Å². The van der Waals surface area contributed by atoms with E-state index in [-0.39, 0.29) is 5.75 Å². The summed E-state index contributed by atoms with van der Waals surface area (Å²) in [6, 6.07) is 6.95. The molecule has 0 saturated heterocycles. The summed E-state index contributed by atoms with van der Waals surface area (Å²) in [5, 5.41) is 0. The highest BCUT2D eigenvalue weighted by atomic mass is 35.7. The minimum Gasteiger partial charge on any atom is -0.352 e. The van der Waals surface area contributed by atoms with E-state index >= 15 is 0 Å². The lowest BCUT2D eigenvalue weighted by atomic mass is 10.1. The van der Waals surface area contributed by atoms with Gasteiger partial charge in [-0.05, 0) is 5.56 Å². The molecular formula is C10H13ClO4S. The molecule has 6 heteroatoms. The van der Waals surface area contributed by atoms with Crippen LogP contribution in [0.2, 0.25) is 0 Å². The maximum absolute atomic E-state index is 11.0. The SMILES string of the molecule is COC(OC)c1ccccc1CS(=O)(=O)Cl. The van der Waals surface area contributed by atoms with Crippen molar-refractivity contribution >= 4 is 19.7 Å². The van der Waals surface area contributed by atoms with Crippen molar-refractivity contribution in [3.63, 3.8) is 0 Å². The minimum atomic E-state index is -3.59. The summed E-state index contributed by atoms with van der Waals surface area (Å²) in [6.45, 7) is 0. The number of hydrogen-bond donors (Lipinski definition) is 0. The van der Waals surface area contributed by atoms with Gasteiger partial charge >= 0.3 is 0 Å². The van der Waals surface area contributed by atoms with Crippen LogP contribution in [-0.2, 0) is 24.3 Å². The van der Waals surface area contributed by atoms with E-state index in [1.165, 1.54) is 14.2 Å². The molecule has 0 heterocycles. The minimum absolute atomic E-state index is 0.242. The summed E-state index contributed by atoms with van der Waals surface area (Å²) in [6.07, 6.45) is -0.588.